The van der Waals surface area contributed by atoms with Crippen LogP contribution in [0.1, 0.15) is 5.69 Å². The van der Waals surface area contributed by atoms with Gasteiger partial charge in [-0.05, 0) is 56.6 Å². The van der Waals surface area contributed by atoms with Crippen LogP contribution in [0.15, 0.2) is 89.7 Å². The van der Waals surface area contributed by atoms with Crippen LogP contribution < -0.4 is 26.1 Å². The molecule has 6 rings (SSSR count). The number of nitrogens with one attached hydrogen (secondary N) is 2. The van der Waals surface area contributed by atoms with Crippen LogP contribution in [0.25, 0.3) is 27.7 Å². The van der Waals surface area contributed by atoms with Gasteiger partial charge in [-0.25, -0.2) is 4.68 Å². The number of benzene rings is 3. The van der Waals surface area contributed by atoms with Crippen molar-refractivity contribution in [1.82, 2.24) is 19.7 Å². The molecule has 10 heteroatoms. The lowest BCUT2D eigenvalue weighted by Gasteiger charge is -2.23. The van der Waals surface area contributed by atoms with Crippen molar-refractivity contribution in [2.45, 2.75) is 6.61 Å². The lowest BCUT2D eigenvalue weighted by molar-refractivity contribution is -0.111. The zero-order valence-corrected chi connectivity index (χ0v) is 22.5. The first-order valence-electron chi connectivity index (χ1n) is 13.0. The average molecular weight is 549 g/mol. The molecule has 1 aliphatic rings. The molecule has 0 spiro atoms. The topological polar surface area (TPSA) is 128 Å². The fourth-order valence-electron chi connectivity index (χ4n) is 4.79. The zero-order valence-electron chi connectivity index (χ0n) is 22.5. The molecule has 2 aromatic heterocycles. The number of amides is 1. The van der Waals surface area contributed by atoms with E-state index in [0.29, 0.717) is 51.8 Å². The minimum absolute atomic E-state index is 0.106. The van der Waals surface area contributed by atoms with Gasteiger partial charge in [-0.3, -0.25) is 9.59 Å². The highest BCUT2D eigenvalue weighted by atomic mass is 16.5. The Hall–Kier alpha value is -5.35. The predicted octanol–water partition coefficient (Wildman–Crippen LogP) is 4.70. The van der Waals surface area contributed by atoms with Crippen LogP contribution in [-0.4, -0.2) is 46.2 Å². The van der Waals surface area contributed by atoms with E-state index in [1.165, 1.54) is 6.08 Å². The summed E-state index contributed by atoms with van der Waals surface area (Å²) in [5.74, 6) is 1.82. The second kappa shape index (κ2) is 10.7. The van der Waals surface area contributed by atoms with Gasteiger partial charge in [0.15, 0.2) is 5.75 Å². The van der Waals surface area contributed by atoms with E-state index >= 15 is 0 Å². The van der Waals surface area contributed by atoms with Gasteiger partial charge in [-0.15, -0.1) is 0 Å². The number of aromatic amines is 1. The molecule has 0 saturated heterocycles. The van der Waals surface area contributed by atoms with E-state index in [4.69, 9.17) is 20.3 Å². The highest BCUT2D eigenvalue weighted by molar-refractivity contribution is 6.05. The van der Waals surface area contributed by atoms with E-state index < -0.39 is 0 Å². The smallest absolute Gasteiger partial charge is 0.261 e. The molecular formula is C31H28N6O4. The number of hydrogen-bond donors (Lipinski definition) is 3. The largest absolute Gasteiger partial charge is 0.485 e. The van der Waals surface area contributed by atoms with E-state index in [1.807, 2.05) is 85.7 Å². The fourth-order valence-corrected chi connectivity index (χ4v) is 4.79. The summed E-state index contributed by atoms with van der Waals surface area (Å²) in [6, 6.07) is 22.2. The van der Waals surface area contributed by atoms with Crippen LogP contribution in [0.3, 0.4) is 0 Å². The van der Waals surface area contributed by atoms with Gasteiger partial charge in [0.25, 0.3) is 5.56 Å². The van der Waals surface area contributed by atoms with Gasteiger partial charge in [-0.2, -0.15) is 5.10 Å². The van der Waals surface area contributed by atoms with Crippen molar-refractivity contribution in [3.63, 3.8) is 0 Å². The number of nitrogens with zero attached hydrogens (tertiary/aromatic N) is 3. The Morgan fingerprint density at radius 3 is 2.61 bits per heavy atom. The van der Waals surface area contributed by atoms with E-state index in [2.05, 4.69) is 10.3 Å². The third kappa shape index (κ3) is 5.04. The number of rotatable bonds is 7. The predicted molar refractivity (Wildman–Crippen MR) is 159 cm³/mol. The molecule has 0 fully saturated rings. The molecule has 0 radical (unpaired) electrons. The summed E-state index contributed by atoms with van der Waals surface area (Å²) < 4.78 is 13.5. The standard InChI is InChI=1S/C31H28N6O4/c1-36(2)17-7-12-25(38)33-23-11-6-10-22-26-24(18-40-29(22)23)34-31(39)27-28(26)35-37(30(27)32)19-13-15-21(16-14-19)41-20-8-4-3-5-9-20/h3-16H,17-18,32H2,1-2H3,(H,33,38)(H,34,39). The van der Waals surface area contributed by atoms with Crippen LogP contribution in [0.5, 0.6) is 17.2 Å². The van der Waals surface area contributed by atoms with Crippen LogP contribution in [0.4, 0.5) is 11.5 Å². The first kappa shape index (κ1) is 25.9. The van der Waals surface area contributed by atoms with Crippen molar-refractivity contribution in [3.05, 3.63) is 101 Å². The minimum Gasteiger partial charge on any atom is -0.485 e. The number of hydrogen-bond acceptors (Lipinski definition) is 7. The highest BCUT2D eigenvalue weighted by Gasteiger charge is 2.28. The number of nitrogens with two attached hydrogens (primary N) is 1. The van der Waals surface area contributed by atoms with Crippen LogP contribution >= 0.6 is 0 Å². The molecule has 3 aromatic carbocycles. The maximum Gasteiger partial charge on any atom is 0.261 e. The van der Waals surface area contributed by atoms with Crippen molar-refractivity contribution >= 4 is 28.3 Å². The molecule has 1 aliphatic heterocycles. The molecule has 0 unspecified atom stereocenters. The van der Waals surface area contributed by atoms with Gasteiger partial charge in [-0.1, -0.05) is 36.4 Å². The number of nitrogen functional groups attached to an aromatic ring is 1. The molecule has 0 atom stereocenters. The molecule has 4 N–H and O–H groups in total. The molecule has 41 heavy (non-hydrogen) atoms. The van der Waals surface area contributed by atoms with Crippen molar-refractivity contribution in [2.75, 3.05) is 31.7 Å². The second-order valence-corrected chi connectivity index (χ2v) is 9.86. The maximum atomic E-state index is 13.1. The van der Waals surface area contributed by atoms with E-state index in [9.17, 15) is 9.59 Å². The van der Waals surface area contributed by atoms with Gasteiger partial charge in [0, 0.05) is 23.7 Å². The molecule has 0 aliphatic carbocycles. The molecular weight excluding hydrogens is 520 g/mol. The third-order valence-corrected chi connectivity index (χ3v) is 6.65. The summed E-state index contributed by atoms with van der Waals surface area (Å²) in [5.41, 5.74) is 9.77. The monoisotopic (exact) mass is 548 g/mol. The molecule has 0 bridgehead atoms. The number of H-pyrrole nitrogens is 1. The van der Waals surface area contributed by atoms with Crippen LogP contribution in [0, 0.1) is 0 Å². The summed E-state index contributed by atoms with van der Waals surface area (Å²) in [4.78, 5) is 30.5. The zero-order chi connectivity index (χ0) is 28.5. The van der Waals surface area contributed by atoms with Crippen molar-refractivity contribution < 1.29 is 14.3 Å². The summed E-state index contributed by atoms with van der Waals surface area (Å²) in [5, 5.41) is 7.96. The second-order valence-electron chi connectivity index (χ2n) is 9.86. The Labute approximate surface area is 235 Å². The van der Waals surface area contributed by atoms with Gasteiger partial charge < -0.3 is 30.4 Å². The van der Waals surface area contributed by atoms with Gasteiger partial charge in [0.05, 0.1) is 17.1 Å². The Morgan fingerprint density at radius 2 is 1.85 bits per heavy atom. The third-order valence-electron chi connectivity index (χ3n) is 6.65. The number of ether oxygens (including phenoxy) is 2. The number of aromatic nitrogens is 3. The molecule has 206 valence electrons. The van der Waals surface area contributed by atoms with Crippen molar-refractivity contribution in [1.29, 1.82) is 0 Å². The lowest BCUT2D eigenvalue weighted by atomic mass is 9.98. The first-order valence-corrected chi connectivity index (χ1v) is 13.0. The highest BCUT2D eigenvalue weighted by Crippen LogP contribution is 2.44. The van der Waals surface area contributed by atoms with E-state index in [0.717, 1.165) is 5.75 Å². The number of fused-ring (bicyclic) bond motifs is 5. The normalized spacial score (nSPS) is 12.3. The number of anilines is 2. The van der Waals surface area contributed by atoms with Gasteiger partial charge >= 0.3 is 0 Å². The maximum absolute atomic E-state index is 13.1. The molecule has 1 amide bonds. The van der Waals surface area contributed by atoms with Gasteiger partial charge in [0.1, 0.15) is 34.8 Å². The Morgan fingerprint density at radius 1 is 1.10 bits per heavy atom. The number of carbonyl (C=O) groups excluding carboxylic acids is 1. The first-order chi connectivity index (χ1) is 19.9. The molecule has 10 nitrogen and oxygen atoms in total. The Balaban J connectivity index is 1.38. The van der Waals surface area contributed by atoms with E-state index in [1.54, 1.807) is 16.8 Å². The Bertz CT molecular complexity index is 1840. The number of carbonyl (C=O) groups is 1. The number of pyridine rings is 1. The van der Waals surface area contributed by atoms with Crippen LogP contribution in [-0.2, 0) is 11.4 Å². The average Bonchev–Trinajstić information content (AvgIpc) is 3.31. The van der Waals surface area contributed by atoms with Gasteiger partial charge in [0.2, 0.25) is 5.91 Å². The minimum atomic E-state index is -0.353. The number of likely N-dealkylation sites (N-methyl/N-ethyl adjacent to an activating group) is 1. The van der Waals surface area contributed by atoms with Crippen molar-refractivity contribution in [3.8, 4) is 34.1 Å². The molecule has 5 aromatic rings. The van der Waals surface area contributed by atoms with Crippen LogP contribution in [0.2, 0.25) is 0 Å². The van der Waals surface area contributed by atoms with E-state index in [-0.39, 0.29) is 29.3 Å². The van der Waals surface area contributed by atoms with Crippen molar-refractivity contribution in [2.24, 2.45) is 0 Å². The summed E-state index contributed by atoms with van der Waals surface area (Å²) in [7, 11) is 3.85. The summed E-state index contributed by atoms with van der Waals surface area (Å²) in [6.45, 7) is 0.748. The summed E-state index contributed by atoms with van der Waals surface area (Å²) in [6.07, 6.45) is 3.27. The Kier molecular flexibility index (Phi) is 6.74. The molecule has 3 heterocycles. The SMILES string of the molecule is CN(C)CC=CC(=O)Nc1cccc2c1OCc1[nH]c(=O)c3c(N)n(-c4ccc(Oc5ccccc5)cc4)nc3c1-2. The fraction of sp³-hybridized carbons (Fsp3) is 0.129. The summed E-state index contributed by atoms with van der Waals surface area (Å²) >= 11 is 0. The quantitative estimate of drug-likeness (QED) is 0.252. The lowest BCUT2D eigenvalue weighted by Crippen LogP contribution is -2.18. The molecule has 0 saturated carbocycles. The number of para-hydroxylation sites is 2.